The van der Waals surface area contributed by atoms with E-state index in [1.54, 1.807) is 0 Å². The van der Waals surface area contributed by atoms with Gasteiger partial charge in [0.05, 0.1) is 5.56 Å². The average molecular weight is 318 g/mol. The van der Waals surface area contributed by atoms with Crippen molar-refractivity contribution in [3.8, 4) is 0 Å². The Morgan fingerprint density at radius 3 is 2.92 bits per heavy atom. The highest BCUT2D eigenvalue weighted by Gasteiger charge is 2.48. The van der Waals surface area contributed by atoms with Gasteiger partial charge in [0.25, 0.3) is 5.91 Å². The van der Waals surface area contributed by atoms with Crippen molar-refractivity contribution in [3.05, 3.63) is 64.9 Å². The second-order valence-corrected chi connectivity index (χ2v) is 6.86. The molecule has 0 aliphatic carbocycles. The Hall–Kier alpha value is -2.75. The van der Waals surface area contributed by atoms with E-state index in [9.17, 15) is 4.79 Å². The molecule has 24 heavy (non-hydrogen) atoms. The molecule has 0 fully saturated rings. The summed E-state index contributed by atoms with van der Waals surface area (Å²) < 4.78 is 6.20. The number of carbonyl (C=O) groups is 1. The summed E-state index contributed by atoms with van der Waals surface area (Å²) in [5.41, 5.74) is 4.19. The van der Waals surface area contributed by atoms with Crippen LogP contribution in [0.1, 0.15) is 34.2 Å². The molecule has 1 aromatic heterocycles. The van der Waals surface area contributed by atoms with Crippen molar-refractivity contribution in [1.29, 1.82) is 0 Å². The van der Waals surface area contributed by atoms with Gasteiger partial charge >= 0.3 is 0 Å². The number of carbonyl (C=O) groups excluding carboxylic acids is 1. The van der Waals surface area contributed by atoms with E-state index in [4.69, 9.17) is 4.42 Å². The van der Waals surface area contributed by atoms with Gasteiger partial charge in [-0.3, -0.25) is 4.79 Å². The highest BCUT2D eigenvalue weighted by atomic mass is 16.3. The number of aryl methyl sites for hydroxylation is 1. The van der Waals surface area contributed by atoms with Crippen molar-refractivity contribution >= 4 is 22.6 Å². The van der Waals surface area contributed by atoms with Gasteiger partial charge in [0.15, 0.2) is 11.4 Å². The van der Waals surface area contributed by atoms with Crippen LogP contribution in [0.4, 0.5) is 5.69 Å². The Morgan fingerprint density at radius 2 is 2.04 bits per heavy atom. The lowest BCUT2D eigenvalue weighted by Crippen LogP contribution is -2.58. The summed E-state index contributed by atoms with van der Waals surface area (Å²) in [5, 5.41) is 4.73. The van der Waals surface area contributed by atoms with Crippen molar-refractivity contribution in [2.75, 3.05) is 11.9 Å². The molecule has 1 amide bonds. The SMILES string of the molecule is Cc1ccc2c(c1)NC1(C)c3oc4ccccc4c3CCN1C2=O. The monoisotopic (exact) mass is 318 g/mol. The molecule has 0 spiro atoms. The van der Waals surface area contributed by atoms with Crippen molar-refractivity contribution in [2.45, 2.75) is 25.9 Å². The van der Waals surface area contributed by atoms with E-state index >= 15 is 0 Å². The molecule has 5 rings (SSSR count). The van der Waals surface area contributed by atoms with Gasteiger partial charge in [0.1, 0.15) is 5.58 Å². The first-order valence-electron chi connectivity index (χ1n) is 8.29. The minimum atomic E-state index is -0.648. The number of fused-ring (bicyclic) bond motifs is 6. The summed E-state index contributed by atoms with van der Waals surface area (Å²) in [6.07, 6.45) is 0.816. The summed E-state index contributed by atoms with van der Waals surface area (Å²) in [6.45, 7) is 4.76. The number of hydrogen-bond donors (Lipinski definition) is 1. The fourth-order valence-electron chi connectivity index (χ4n) is 4.09. The molecule has 1 N–H and O–H groups in total. The number of benzene rings is 2. The fraction of sp³-hybridized carbons (Fsp3) is 0.250. The van der Waals surface area contributed by atoms with Crippen LogP contribution >= 0.6 is 0 Å². The van der Waals surface area contributed by atoms with Gasteiger partial charge in [-0.1, -0.05) is 24.3 Å². The number of furan rings is 1. The van der Waals surface area contributed by atoms with Crippen LogP contribution in [0.2, 0.25) is 0 Å². The van der Waals surface area contributed by atoms with Crippen LogP contribution in [0.5, 0.6) is 0 Å². The zero-order valence-electron chi connectivity index (χ0n) is 13.7. The van der Waals surface area contributed by atoms with Crippen molar-refractivity contribution in [2.24, 2.45) is 0 Å². The van der Waals surface area contributed by atoms with E-state index in [-0.39, 0.29) is 5.91 Å². The van der Waals surface area contributed by atoms with Gasteiger partial charge in [0.2, 0.25) is 0 Å². The quantitative estimate of drug-likeness (QED) is 0.680. The Balaban J connectivity index is 1.75. The Bertz CT molecular complexity index is 1000. The lowest BCUT2D eigenvalue weighted by molar-refractivity contribution is 0.0453. The summed E-state index contributed by atoms with van der Waals surface area (Å²) >= 11 is 0. The number of para-hydroxylation sites is 1. The number of nitrogens with zero attached hydrogens (tertiary/aromatic N) is 1. The Morgan fingerprint density at radius 1 is 1.21 bits per heavy atom. The molecule has 3 aromatic rings. The number of anilines is 1. The van der Waals surface area contributed by atoms with Gasteiger partial charge < -0.3 is 14.6 Å². The largest absolute Gasteiger partial charge is 0.456 e. The zero-order chi connectivity index (χ0) is 16.5. The minimum Gasteiger partial charge on any atom is -0.456 e. The maximum Gasteiger partial charge on any atom is 0.258 e. The number of nitrogens with one attached hydrogen (secondary N) is 1. The minimum absolute atomic E-state index is 0.0670. The summed E-state index contributed by atoms with van der Waals surface area (Å²) in [4.78, 5) is 14.9. The molecule has 0 bridgehead atoms. The van der Waals surface area contributed by atoms with E-state index in [0.29, 0.717) is 6.54 Å². The van der Waals surface area contributed by atoms with Crippen LogP contribution in [0.25, 0.3) is 11.0 Å². The first-order chi connectivity index (χ1) is 11.6. The normalized spacial score (nSPS) is 21.9. The molecule has 0 saturated carbocycles. The first-order valence-corrected chi connectivity index (χ1v) is 8.29. The van der Waals surface area contributed by atoms with E-state index in [1.165, 1.54) is 5.56 Å². The Labute approximate surface area is 140 Å². The Kier molecular flexibility index (Phi) is 2.51. The maximum absolute atomic E-state index is 13.0. The van der Waals surface area contributed by atoms with Gasteiger partial charge in [-0.2, -0.15) is 0 Å². The van der Waals surface area contributed by atoms with Crippen LogP contribution in [0, 0.1) is 6.92 Å². The molecular weight excluding hydrogens is 300 g/mol. The maximum atomic E-state index is 13.0. The van der Waals surface area contributed by atoms with Crippen LogP contribution < -0.4 is 5.32 Å². The number of rotatable bonds is 0. The van der Waals surface area contributed by atoms with E-state index in [1.807, 2.05) is 55.1 Å². The molecular formula is C20H18N2O2. The molecule has 2 aliphatic heterocycles. The molecule has 0 radical (unpaired) electrons. The average Bonchev–Trinajstić information content (AvgIpc) is 2.94. The van der Waals surface area contributed by atoms with Crippen LogP contribution in [0.3, 0.4) is 0 Å². The smallest absolute Gasteiger partial charge is 0.258 e. The number of amides is 1. The highest BCUT2D eigenvalue weighted by molar-refractivity contribution is 6.03. The van der Waals surface area contributed by atoms with Gasteiger partial charge in [-0.05, 0) is 44.0 Å². The molecule has 4 nitrogen and oxygen atoms in total. The topological polar surface area (TPSA) is 45.5 Å². The predicted molar refractivity (Wildman–Crippen MR) is 93.1 cm³/mol. The third-order valence-corrected chi connectivity index (χ3v) is 5.29. The van der Waals surface area contributed by atoms with Gasteiger partial charge in [0, 0.05) is 23.2 Å². The molecule has 120 valence electrons. The predicted octanol–water partition coefficient (Wildman–Crippen LogP) is 4.04. The zero-order valence-corrected chi connectivity index (χ0v) is 13.7. The lowest BCUT2D eigenvalue weighted by atomic mass is 9.89. The molecule has 2 aromatic carbocycles. The van der Waals surface area contributed by atoms with Crippen molar-refractivity contribution < 1.29 is 9.21 Å². The first kappa shape index (κ1) is 13.7. The summed E-state index contributed by atoms with van der Waals surface area (Å²) in [5.74, 6) is 0.924. The second kappa shape index (κ2) is 4.41. The summed E-state index contributed by atoms with van der Waals surface area (Å²) in [7, 11) is 0. The van der Waals surface area contributed by atoms with E-state index in [2.05, 4.69) is 11.4 Å². The molecule has 1 unspecified atom stereocenters. The second-order valence-electron chi connectivity index (χ2n) is 6.86. The standard InChI is InChI=1S/C20H18N2O2/c1-12-7-8-15-16(11-12)21-20(2)18-14(9-10-22(20)19(15)23)13-5-3-4-6-17(13)24-18/h3-8,11,21H,9-10H2,1-2H3. The van der Waals surface area contributed by atoms with Gasteiger partial charge in [-0.25, -0.2) is 0 Å². The third-order valence-electron chi connectivity index (χ3n) is 5.29. The third kappa shape index (κ3) is 1.60. The summed E-state index contributed by atoms with van der Waals surface area (Å²) in [6, 6.07) is 14.0. The van der Waals surface area contributed by atoms with Crippen LogP contribution in [0.15, 0.2) is 46.9 Å². The molecule has 2 aliphatic rings. The highest BCUT2D eigenvalue weighted by Crippen LogP contribution is 2.45. The fourth-order valence-corrected chi connectivity index (χ4v) is 4.09. The van der Waals surface area contributed by atoms with Crippen LogP contribution in [-0.2, 0) is 12.1 Å². The van der Waals surface area contributed by atoms with E-state index in [0.717, 1.165) is 40.0 Å². The van der Waals surface area contributed by atoms with Crippen LogP contribution in [-0.4, -0.2) is 17.4 Å². The van der Waals surface area contributed by atoms with Crippen molar-refractivity contribution in [1.82, 2.24) is 4.90 Å². The number of hydrogen-bond acceptors (Lipinski definition) is 3. The molecule has 1 atom stereocenters. The van der Waals surface area contributed by atoms with Crippen molar-refractivity contribution in [3.63, 3.8) is 0 Å². The van der Waals surface area contributed by atoms with E-state index < -0.39 is 5.66 Å². The molecule has 4 heteroatoms. The lowest BCUT2D eigenvalue weighted by Gasteiger charge is -2.47. The van der Waals surface area contributed by atoms with Gasteiger partial charge in [-0.15, -0.1) is 0 Å². The molecule has 0 saturated heterocycles. The molecule has 3 heterocycles.